The fraction of sp³-hybridized carbons (Fsp3) is 0.571. The molecule has 0 unspecified atom stereocenters. The van der Waals surface area contributed by atoms with E-state index < -0.39 is 6.61 Å². The maximum absolute atomic E-state index is 12.0. The van der Waals surface area contributed by atoms with E-state index in [1.165, 1.54) is 19.3 Å². The molecule has 0 aliphatic heterocycles. The number of hydrogen-bond acceptors (Lipinski definition) is 2. The largest absolute Gasteiger partial charge is 0.435 e. The van der Waals surface area contributed by atoms with Crippen LogP contribution in [0.25, 0.3) is 0 Å². The van der Waals surface area contributed by atoms with Crippen LogP contribution in [0.1, 0.15) is 43.7 Å². The van der Waals surface area contributed by atoms with Gasteiger partial charge in [-0.15, -0.1) is 0 Å². The van der Waals surface area contributed by atoms with Gasteiger partial charge >= 0.3 is 6.61 Å². The summed E-state index contributed by atoms with van der Waals surface area (Å²) in [5, 5.41) is 0. The van der Waals surface area contributed by atoms with Crippen LogP contribution >= 0.6 is 0 Å². The Morgan fingerprint density at radius 1 is 1.06 bits per heavy atom. The monoisotopic (exact) mass is 255 g/mol. The number of hydrogen-bond donors (Lipinski definition) is 1. The molecular formula is C14H19F2NO. The van der Waals surface area contributed by atoms with E-state index in [1.807, 2.05) is 0 Å². The summed E-state index contributed by atoms with van der Waals surface area (Å²) in [6.45, 7) is -2.78. The van der Waals surface area contributed by atoms with Gasteiger partial charge in [-0.2, -0.15) is 8.78 Å². The highest BCUT2D eigenvalue weighted by molar-refractivity contribution is 5.29. The summed E-state index contributed by atoms with van der Waals surface area (Å²) >= 11 is 0. The van der Waals surface area contributed by atoms with Gasteiger partial charge in [0.2, 0.25) is 0 Å². The molecule has 0 heterocycles. The van der Waals surface area contributed by atoms with Crippen LogP contribution in [-0.4, -0.2) is 6.61 Å². The molecular weight excluding hydrogens is 236 g/mol. The van der Waals surface area contributed by atoms with Crippen molar-refractivity contribution in [3.05, 3.63) is 29.8 Å². The first-order valence-corrected chi connectivity index (χ1v) is 6.47. The molecule has 1 aromatic carbocycles. The van der Waals surface area contributed by atoms with Crippen molar-refractivity contribution in [1.82, 2.24) is 0 Å². The standard InChI is InChI=1S/C14H19F2NO/c15-14(16)18-12-8-6-11(7-9-12)13(17)10-4-2-1-3-5-10/h6-10,13-14H,1-5,17H2/t13-/m0/s1. The van der Waals surface area contributed by atoms with Crippen LogP contribution in [0.5, 0.6) is 5.75 Å². The molecule has 0 radical (unpaired) electrons. The molecule has 0 aromatic heterocycles. The summed E-state index contributed by atoms with van der Waals surface area (Å²) in [6, 6.07) is 6.70. The van der Waals surface area contributed by atoms with E-state index in [0.717, 1.165) is 18.4 Å². The van der Waals surface area contributed by atoms with Crippen LogP contribution in [0.2, 0.25) is 0 Å². The first-order chi connectivity index (χ1) is 8.66. The SMILES string of the molecule is N[C@H](c1ccc(OC(F)F)cc1)C1CCCCC1. The minimum atomic E-state index is -2.78. The third-order valence-electron chi connectivity index (χ3n) is 3.65. The number of nitrogens with two attached hydrogens (primary N) is 1. The van der Waals surface area contributed by atoms with E-state index in [1.54, 1.807) is 24.3 Å². The summed E-state index contributed by atoms with van der Waals surface area (Å²) in [5.41, 5.74) is 7.24. The molecule has 0 amide bonds. The quantitative estimate of drug-likeness (QED) is 0.886. The van der Waals surface area contributed by atoms with Gasteiger partial charge in [-0.25, -0.2) is 0 Å². The summed E-state index contributed by atoms with van der Waals surface area (Å²) < 4.78 is 28.4. The molecule has 4 heteroatoms. The Morgan fingerprint density at radius 2 is 1.67 bits per heavy atom. The highest BCUT2D eigenvalue weighted by atomic mass is 19.3. The van der Waals surface area contributed by atoms with Crippen molar-refractivity contribution in [2.24, 2.45) is 11.7 Å². The zero-order valence-corrected chi connectivity index (χ0v) is 10.3. The molecule has 1 aliphatic rings. The first-order valence-electron chi connectivity index (χ1n) is 6.47. The van der Waals surface area contributed by atoms with Crippen LogP contribution in [0.15, 0.2) is 24.3 Å². The second-order valence-corrected chi connectivity index (χ2v) is 4.87. The predicted octanol–water partition coefficient (Wildman–Crippen LogP) is 3.87. The van der Waals surface area contributed by atoms with Gasteiger partial charge in [-0.05, 0) is 36.5 Å². The highest BCUT2D eigenvalue weighted by Crippen LogP contribution is 2.33. The maximum Gasteiger partial charge on any atom is 0.387 e. The zero-order valence-electron chi connectivity index (χ0n) is 10.3. The van der Waals surface area contributed by atoms with E-state index in [-0.39, 0.29) is 11.8 Å². The van der Waals surface area contributed by atoms with Gasteiger partial charge in [0.15, 0.2) is 0 Å². The molecule has 1 fully saturated rings. The molecule has 1 atom stereocenters. The normalized spacial score (nSPS) is 18.9. The van der Waals surface area contributed by atoms with Crippen LogP contribution in [0, 0.1) is 5.92 Å². The van der Waals surface area contributed by atoms with E-state index in [0.29, 0.717) is 5.92 Å². The molecule has 0 saturated heterocycles. The second kappa shape index (κ2) is 6.14. The van der Waals surface area contributed by atoms with Crippen molar-refractivity contribution in [3.8, 4) is 5.75 Å². The summed E-state index contributed by atoms with van der Waals surface area (Å²) in [6.07, 6.45) is 6.10. The summed E-state index contributed by atoms with van der Waals surface area (Å²) in [5.74, 6) is 0.699. The molecule has 1 aliphatic carbocycles. The molecule has 2 N–H and O–H groups in total. The number of benzene rings is 1. The molecule has 100 valence electrons. The van der Waals surface area contributed by atoms with Crippen molar-refractivity contribution in [1.29, 1.82) is 0 Å². The second-order valence-electron chi connectivity index (χ2n) is 4.87. The number of alkyl halides is 2. The van der Waals surface area contributed by atoms with Crippen molar-refractivity contribution >= 4 is 0 Å². The van der Waals surface area contributed by atoms with E-state index >= 15 is 0 Å². The van der Waals surface area contributed by atoms with Crippen LogP contribution in [-0.2, 0) is 0 Å². The summed E-state index contributed by atoms with van der Waals surface area (Å²) in [7, 11) is 0. The average Bonchev–Trinajstić information content (AvgIpc) is 2.39. The van der Waals surface area contributed by atoms with Gasteiger partial charge < -0.3 is 10.5 Å². The van der Waals surface area contributed by atoms with Crippen molar-refractivity contribution in [2.75, 3.05) is 0 Å². The minimum absolute atomic E-state index is 0.00546. The molecule has 2 rings (SSSR count). The van der Waals surface area contributed by atoms with Crippen LogP contribution < -0.4 is 10.5 Å². The van der Waals surface area contributed by atoms with Crippen molar-refractivity contribution in [3.63, 3.8) is 0 Å². The van der Waals surface area contributed by atoms with Gasteiger partial charge in [0.1, 0.15) is 5.75 Å². The third-order valence-corrected chi connectivity index (χ3v) is 3.65. The lowest BCUT2D eigenvalue weighted by Gasteiger charge is -2.27. The number of ether oxygens (including phenoxy) is 1. The lowest BCUT2D eigenvalue weighted by Crippen LogP contribution is -2.23. The molecule has 2 nitrogen and oxygen atoms in total. The van der Waals surface area contributed by atoms with E-state index in [2.05, 4.69) is 4.74 Å². The van der Waals surface area contributed by atoms with Gasteiger partial charge in [0.05, 0.1) is 0 Å². The van der Waals surface area contributed by atoms with Crippen LogP contribution in [0.3, 0.4) is 0 Å². The minimum Gasteiger partial charge on any atom is -0.435 e. The number of rotatable bonds is 4. The first kappa shape index (κ1) is 13.3. The Balaban J connectivity index is 1.99. The lowest BCUT2D eigenvalue weighted by atomic mass is 9.81. The highest BCUT2D eigenvalue weighted by Gasteiger charge is 2.21. The lowest BCUT2D eigenvalue weighted by molar-refractivity contribution is -0.0498. The maximum atomic E-state index is 12.0. The molecule has 1 saturated carbocycles. The Kier molecular flexibility index (Phi) is 4.53. The fourth-order valence-electron chi connectivity index (χ4n) is 2.64. The van der Waals surface area contributed by atoms with Crippen molar-refractivity contribution in [2.45, 2.75) is 44.8 Å². The molecule has 0 bridgehead atoms. The van der Waals surface area contributed by atoms with Gasteiger partial charge in [-0.1, -0.05) is 31.4 Å². The average molecular weight is 255 g/mol. The zero-order chi connectivity index (χ0) is 13.0. The predicted molar refractivity (Wildman–Crippen MR) is 66.6 cm³/mol. The number of halogens is 2. The summed E-state index contributed by atoms with van der Waals surface area (Å²) in [4.78, 5) is 0. The van der Waals surface area contributed by atoms with Gasteiger partial charge in [-0.3, -0.25) is 0 Å². The Bertz CT molecular complexity index is 361. The Morgan fingerprint density at radius 3 is 2.22 bits per heavy atom. The van der Waals surface area contributed by atoms with Crippen molar-refractivity contribution < 1.29 is 13.5 Å². The molecule has 0 spiro atoms. The Hall–Kier alpha value is -1.16. The Labute approximate surface area is 106 Å². The molecule has 1 aromatic rings. The fourth-order valence-corrected chi connectivity index (χ4v) is 2.64. The topological polar surface area (TPSA) is 35.2 Å². The van der Waals surface area contributed by atoms with E-state index in [9.17, 15) is 8.78 Å². The van der Waals surface area contributed by atoms with E-state index in [4.69, 9.17) is 5.73 Å². The van der Waals surface area contributed by atoms with Gasteiger partial charge in [0, 0.05) is 6.04 Å². The van der Waals surface area contributed by atoms with Crippen LogP contribution in [0.4, 0.5) is 8.78 Å². The van der Waals surface area contributed by atoms with Gasteiger partial charge in [0.25, 0.3) is 0 Å². The third kappa shape index (κ3) is 3.42. The molecule has 18 heavy (non-hydrogen) atoms. The smallest absolute Gasteiger partial charge is 0.387 e.